The fraction of sp³-hybridized carbons (Fsp3) is 0.556. The van der Waals surface area contributed by atoms with Crippen molar-refractivity contribution in [1.29, 1.82) is 0 Å². The van der Waals surface area contributed by atoms with Gasteiger partial charge >= 0.3 is 0 Å². The minimum atomic E-state index is -0.379. The van der Waals surface area contributed by atoms with Gasteiger partial charge in [0.2, 0.25) is 0 Å². The molecule has 78 valence electrons. The first-order valence-electron chi connectivity index (χ1n) is 4.33. The maximum absolute atomic E-state index is 8.93. The molecule has 14 heavy (non-hydrogen) atoms. The summed E-state index contributed by atoms with van der Waals surface area (Å²) in [6, 6.07) is 1.77. The SMILES string of the molecule is COCC(C)(C)/C(=N/O)n1cccn1. The van der Waals surface area contributed by atoms with Crippen LogP contribution in [-0.4, -0.2) is 34.5 Å². The summed E-state index contributed by atoms with van der Waals surface area (Å²) < 4.78 is 6.58. The lowest BCUT2D eigenvalue weighted by molar-refractivity contribution is 0.137. The van der Waals surface area contributed by atoms with Crippen molar-refractivity contribution in [2.45, 2.75) is 13.8 Å². The molecule has 1 heterocycles. The number of oxime groups is 1. The number of hydrogen-bond acceptors (Lipinski definition) is 4. The van der Waals surface area contributed by atoms with Crippen molar-refractivity contribution in [3.8, 4) is 0 Å². The zero-order valence-corrected chi connectivity index (χ0v) is 8.64. The third kappa shape index (κ3) is 2.11. The van der Waals surface area contributed by atoms with Gasteiger partial charge in [0.05, 0.1) is 12.0 Å². The van der Waals surface area contributed by atoms with Crippen LogP contribution in [0.2, 0.25) is 0 Å². The Bertz CT molecular complexity index is 304. The van der Waals surface area contributed by atoms with Crippen LogP contribution < -0.4 is 0 Å². The van der Waals surface area contributed by atoms with Gasteiger partial charge in [-0.2, -0.15) is 5.10 Å². The van der Waals surface area contributed by atoms with Gasteiger partial charge in [0, 0.05) is 19.5 Å². The lowest BCUT2D eigenvalue weighted by Gasteiger charge is -2.23. The summed E-state index contributed by atoms with van der Waals surface area (Å²) in [4.78, 5) is 0. The molecule has 0 aliphatic rings. The summed E-state index contributed by atoms with van der Waals surface area (Å²) in [7, 11) is 1.61. The molecule has 0 bridgehead atoms. The minimum absolute atomic E-state index is 0.379. The van der Waals surface area contributed by atoms with Crippen LogP contribution in [0.15, 0.2) is 23.6 Å². The van der Waals surface area contributed by atoms with Crippen LogP contribution in [-0.2, 0) is 4.74 Å². The Labute approximate surface area is 83.0 Å². The van der Waals surface area contributed by atoms with E-state index in [4.69, 9.17) is 9.94 Å². The summed E-state index contributed by atoms with van der Waals surface area (Å²) in [5, 5.41) is 16.2. The first kappa shape index (κ1) is 10.7. The van der Waals surface area contributed by atoms with E-state index in [1.165, 1.54) is 4.68 Å². The van der Waals surface area contributed by atoms with E-state index in [1.807, 2.05) is 13.8 Å². The van der Waals surface area contributed by atoms with Crippen molar-refractivity contribution in [1.82, 2.24) is 9.78 Å². The predicted molar refractivity (Wildman–Crippen MR) is 52.5 cm³/mol. The van der Waals surface area contributed by atoms with Crippen LogP contribution in [0.3, 0.4) is 0 Å². The number of ether oxygens (including phenoxy) is 1. The smallest absolute Gasteiger partial charge is 0.176 e. The molecule has 1 rings (SSSR count). The second-order valence-corrected chi connectivity index (χ2v) is 3.69. The molecule has 0 aliphatic heterocycles. The molecule has 1 N–H and O–H groups in total. The average Bonchev–Trinajstić information content (AvgIpc) is 2.57. The van der Waals surface area contributed by atoms with Crippen molar-refractivity contribution < 1.29 is 9.94 Å². The quantitative estimate of drug-likeness (QED) is 0.343. The van der Waals surface area contributed by atoms with Gasteiger partial charge in [-0.1, -0.05) is 19.0 Å². The maximum atomic E-state index is 8.93. The van der Waals surface area contributed by atoms with E-state index in [-0.39, 0.29) is 5.41 Å². The summed E-state index contributed by atoms with van der Waals surface area (Å²) >= 11 is 0. The molecule has 5 nitrogen and oxygen atoms in total. The van der Waals surface area contributed by atoms with E-state index in [2.05, 4.69) is 10.3 Å². The highest BCUT2D eigenvalue weighted by Crippen LogP contribution is 2.18. The van der Waals surface area contributed by atoms with Gasteiger partial charge in [0.25, 0.3) is 0 Å². The Morgan fingerprint density at radius 2 is 2.36 bits per heavy atom. The number of hydrogen-bond donors (Lipinski definition) is 1. The van der Waals surface area contributed by atoms with E-state index in [9.17, 15) is 0 Å². The fourth-order valence-corrected chi connectivity index (χ4v) is 1.31. The molecule has 0 atom stereocenters. The van der Waals surface area contributed by atoms with Crippen LogP contribution in [0.4, 0.5) is 0 Å². The van der Waals surface area contributed by atoms with E-state index < -0.39 is 0 Å². The third-order valence-corrected chi connectivity index (χ3v) is 1.93. The van der Waals surface area contributed by atoms with E-state index >= 15 is 0 Å². The number of rotatable bonds is 3. The van der Waals surface area contributed by atoms with E-state index in [0.29, 0.717) is 12.4 Å². The minimum Gasteiger partial charge on any atom is -0.409 e. The van der Waals surface area contributed by atoms with Crippen molar-refractivity contribution in [2.75, 3.05) is 13.7 Å². The molecule has 0 saturated heterocycles. The van der Waals surface area contributed by atoms with Gasteiger partial charge in [-0.25, -0.2) is 4.68 Å². The van der Waals surface area contributed by atoms with Crippen LogP contribution in [0, 0.1) is 5.41 Å². The molecule has 1 aromatic heterocycles. The highest BCUT2D eigenvalue weighted by atomic mass is 16.5. The van der Waals surface area contributed by atoms with Crippen LogP contribution in [0.5, 0.6) is 0 Å². The van der Waals surface area contributed by atoms with Gasteiger partial charge in [-0.05, 0) is 6.07 Å². The van der Waals surface area contributed by atoms with Gasteiger partial charge in [0.1, 0.15) is 0 Å². The average molecular weight is 197 g/mol. The summed E-state index contributed by atoms with van der Waals surface area (Å²) in [6.45, 7) is 4.31. The molecule has 5 heteroatoms. The lowest BCUT2D eigenvalue weighted by Crippen LogP contribution is -2.35. The molecule has 0 aliphatic carbocycles. The Kier molecular flexibility index (Phi) is 3.24. The normalized spacial score (nSPS) is 13.2. The van der Waals surface area contributed by atoms with Crippen molar-refractivity contribution in [2.24, 2.45) is 10.6 Å². The monoisotopic (exact) mass is 197 g/mol. The highest BCUT2D eigenvalue weighted by molar-refractivity contribution is 5.88. The number of nitrogens with zero attached hydrogens (tertiary/aromatic N) is 3. The standard InChI is InChI=1S/C9H15N3O2/c1-9(2,7-14-3)8(11-13)12-6-4-5-10-12/h4-6,13H,7H2,1-3H3/b11-8-. The molecule has 0 aromatic carbocycles. The summed E-state index contributed by atoms with van der Waals surface area (Å²) in [5.74, 6) is 0.462. The maximum Gasteiger partial charge on any atom is 0.176 e. The topological polar surface area (TPSA) is 59.6 Å². The fourth-order valence-electron chi connectivity index (χ4n) is 1.31. The lowest BCUT2D eigenvalue weighted by atomic mass is 9.93. The molecule has 0 saturated carbocycles. The van der Waals surface area contributed by atoms with E-state index in [0.717, 1.165) is 0 Å². The second-order valence-electron chi connectivity index (χ2n) is 3.69. The second kappa shape index (κ2) is 4.23. The largest absolute Gasteiger partial charge is 0.409 e. The molecule has 0 amide bonds. The zero-order valence-electron chi connectivity index (χ0n) is 8.64. The molecular weight excluding hydrogens is 182 g/mol. The Hall–Kier alpha value is -1.36. The van der Waals surface area contributed by atoms with Gasteiger partial charge in [0.15, 0.2) is 5.84 Å². The van der Waals surface area contributed by atoms with E-state index in [1.54, 1.807) is 25.6 Å². The molecule has 0 spiro atoms. The number of aromatic nitrogens is 2. The summed E-state index contributed by atoms with van der Waals surface area (Å²) in [5.41, 5.74) is -0.379. The Balaban J connectivity index is 2.94. The number of methoxy groups -OCH3 is 1. The molecule has 0 fully saturated rings. The molecule has 0 radical (unpaired) electrons. The first-order valence-corrected chi connectivity index (χ1v) is 4.33. The Morgan fingerprint density at radius 3 is 2.79 bits per heavy atom. The third-order valence-electron chi connectivity index (χ3n) is 1.93. The summed E-state index contributed by atoms with van der Waals surface area (Å²) in [6.07, 6.45) is 3.36. The van der Waals surface area contributed by atoms with Crippen LogP contribution in [0.25, 0.3) is 0 Å². The van der Waals surface area contributed by atoms with Crippen molar-refractivity contribution >= 4 is 5.84 Å². The Morgan fingerprint density at radius 1 is 1.64 bits per heavy atom. The first-order chi connectivity index (χ1) is 6.61. The van der Waals surface area contributed by atoms with Crippen LogP contribution in [0.1, 0.15) is 13.8 Å². The van der Waals surface area contributed by atoms with Gasteiger partial charge < -0.3 is 9.94 Å². The highest BCUT2D eigenvalue weighted by Gasteiger charge is 2.27. The van der Waals surface area contributed by atoms with Crippen LogP contribution >= 0.6 is 0 Å². The molecule has 0 unspecified atom stereocenters. The van der Waals surface area contributed by atoms with Gasteiger partial charge in [-0.3, -0.25) is 0 Å². The van der Waals surface area contributed by atoms with Crippen molar-refractivity contribution in [3.05, 3.63) is 18.5 Å². The van der Waals surface area contributed by atoms with Crippen molar-refractivity contribution in [3.63, 3.8) is 0 Å². The zero-order chi connectivity index (χ0) is 10.6. The van der Waals surface area contributed by atoms with Gasteiger partial charge in [-0.15, -0.1) is 0 Å². The molecule has 1 aromatic rings. The predicted octanol–water partition coefficient (Wildman–Crippen LogP) is 1.19. The molecular formula is C9H15N3O2.